The Balaban J connectivity index is 1.88. The number of rotatable bonds is 6. The van der Waals surface area contributed by atoms with Gasteiger partial charge in [-0.25, -0.2) is 4.39 Å². The number of hydrogen-bond donors (Lipinski definition) is 1. The third-order valence-electron chi connectivity index (χ3n) is 5.63. The number of ether oxygens (including phenoxy) is 1. The monoisotopic (exact) mass is 479 g/mol. The highest BCUT2D eigenvalue weighted by Gasteiger charge is 2.47. The van der Waals surface area contributed by atoms with Gasteiger partial charge in [-0.15, -0.1) is 0 Å². The van der Waals surface area contributed by atoms with Crippen molar-refractivity contribution in [2.24, 2.45) is 0 Å². The van der Waals surface area contributed by atoms with Crippen molar-refractivity contribution in [3.8, 4) is 5.75 Å². The van der Waals surface area contributed by atoms with Crippen molar-refractivity contribution in [1.82, 2.24) is 0 Å². The van der Waals surface area contributed by atoms with Gasteiger partial charge in [0.05, 0.1) is 18.2 Å². The summed E-state index contributed by atoms with van der Waals surface area (Å²) in [7, 11) is 0. The molecule has 1 atom stereocenters. The molecule has 0 radical (unpaired) electrons. The fraction of sp³-hybridized carbons (Fsp3) is 0.185. The molecular weight excluding hydrogens is 457 g/mol. The SMILES string of the molecule is CCCOc1ccc(/C(O)=C2\C(=O)C(=O)N(c3cccc(Cl)c3)C2c2ccc(F)cc2)cc1C. The molecule has 0 saturated carbocycles. The van der Waals surface area contributed by atoms with E-state index in [2.05, 4.69) is 0 Å². The van der Waals surface area contributed by atoms with E-state index in [-0.39, 0.29) is 11.3 Å². The van der Waals surface area contributed by atoms with Crippen LogP contribution in [0, 0.1) is 12.7 Å². The highest BCUT2D eigenvalue weighted by molar-refractivity contribution is 6.51. The summed E-state index contributed by atoms with van der Waals surface area (Å²) < 4.78 is 19.4. The molecule has 0 spiro atoms. The van der Waals surface area contributed by atoms with Gasteiger partial charge in [0.15, 0.2) is 0 Å². The molecule has 0 aromatic heterocycles. The Morgan fingerprint density at radius 3 is 2.47 bits per heavy atom. The van der Waals surface area contributed by atoms with Crippen LogP contribution in [0.15, 0.2) is 72.3 Å². The average Bonchev–Trinajstić information content (AvgIpc) is 3.08. The number of carbonyl (C=O) groups is 2. The number of nitrogens with zero attached hydrogens (tertiary/aromatic N) is 1. The lowest BCUT2D eigenvalue weighted by atomic mass is 9.94. The first-order chi connectivity index (χ1) is 16.3. The smallest absolute Gasteiger partial charge is 0.300 e. The fourth-order valence-electron chi connectivity index (χ4n) is 4.01. The molecule has 5 nitrogen and oxygen atoms in total. The number of amides is 1. The van der Waals surface area contributed by atoms with E-state index in [9.17, 15) is 19.1 Å². The van der Waals surface area contributed by atoms with Gasteiger partial charge in [-0.3, -0.25) is 14.5 Å². The summed E-state index contributed by atoms with van der Waals surface area (Å²) in [6.07, 6.45) is 0.853. The number of anilines is 1. The standard InChI is InChI=1S/C27H23ClFNO4/c1-3-13-34-22-12-9-18(14-16(22)2)25(31)23-24(17-7-10-20(29)11-8-17)30(27(33)26(23)32)21-6-4-5-19(28)15-21/h4-12,14-15,24,31H,3,13H2,1-2H3/b25-23+. The maximum atomic E-state index is 13.7. The van der Waals surface area contributed by atoms with Crippen LogP contribution in [-0.2, 0) is 9.59 Å². The van der Waals surface area contributed by atoms with E-state index in [1.54, 1.807) is 42.5 Å². The first kappa shape index (κ1) is 23.5. The van der Waals surface area contributed by atoms with Crippen molar-refractivity contribution in [2.45, 2.75) is 26.3 Å². The molecule has 34 heavy (non-hydrogen) atoms. The zero-order valence-corrected chi connectivity index (χ0v) is 19.5. The van der Waals surface area contributed by atoms with Gasteiger partial charge in [0.25, 0.3) is 11.7 Å². The molecule has 1 amide bonds. The maximum Gasteiger partial charge on any atom is 0.300 e. The summed E-state index contributed by atoms with van der Waals surface area (Å²) in [5, 5.41) is 11.6. The third kappa shape index (κ3) is 4.41. The Bertz CT molecular complexity index is 1290. The summed E-state index contributed by atoms with van der Waals surface area (Å²) in [6, 6.07) is 16.1. The van der Waals surface area contributed by atoms with Crippen LogP contribution in [0.3, 0.4) is 0 Å². The van der Waals surface area contributed by atoms with Crippen LogP contribution >= 0.6 is 11.6 Å². The summed E-state index contributed by atoms with van der Waals surface area (Å²) in [5.74, 6) is -1.74. The summed E-state index contributed by atoms with van der Waals surface area (Å²) >= 11 is 6.14. The molecule has 1 heterocycles. The molecule has 0 bridgehead atoms. The van der Waals surface area contributed by atoms with Gasteiger partial charge in [-0.05, 0) is 73.0 Å². The Labute approximate surface area is 202 Å². The Morgan fingerprint density at radius 2 is 1.82 bits per heavy atom. The average molecular weight is 480 g/mol. The molecule has 1 fully saturated rings. The lowest BCUT2D eigenvalue weighted by molar-refractivity contribution is -0.132. The summed E-state index contributed by atoms with van der Waals surface area (Å²) in [4.78, 5) is 27.6. The number of Topliss-reactive ketones (excluding diaryl/α,β-unsaturated/α-hetero) is 1. The van der Waals surface area contributed by atoms with E-state index in [4.69, 9.17) is 16.3 Å². The van der Waals surface area contributed by atoms with Crippen molar-refractivity contribution in [3.63, 3.8) is 0 Å². The Kier molecular flexibility index (Phi) is 6.70. The summed E-state index contributed by atoms with van der Waals surface area (Å²) in [5.41, 5.74) is 1.93. The quantitative estimate of drug-likeness (QED) is 0.259. The van der Waals surface area contributed by atoms with E-state index in [0.717, 1.165) is 12.0 Å². The summed E-state index contributed by atoms with van der Waals surface area (Å²) in [6.45, 7) is 4.40. The van der Waals surface area contributed by atoms with Gasteiger partial charge in [0.2, 0.25) is 0 Å². The zero-order valence-electron chi connectivity index (χ0n) is 18.7. The van der Waals surface area contributed by atoms with E-state index >= 15 is 0 Å². The zero-order chi connectivity index (χ0) is 24.4. The van der Waals surface area contributed by atoms with E-state index in [0.29, 0.717) is 34.2 Å². The van der Waals surface area contributed by atoms with E-state index in [1.807, 2.05) is 13.8 Å². The third-order valence-corrected chi connectivity index (χ3v) is 5.86. The van der Waals surface area contributed by atoms with Crippen molar-refractivity contribution < 1.29 is 23.8 Å². The normalized spacial score (nSPS) is 17.3. The van der Waals surface area contributed by atoms with Gasteiger partial charge in [0, 0.05) is 16.3 Å². The lowest BCUT2D eigenvalue weighted by Gasteiger charge is -2.25. The van der Waals surface area contributed by atoms with Crippen molar-refractivity contribution in [1.29, 1.82) is 0 Å². The number of aliphatic hydroxyl groups is 1. The van der Waals surface area contributed by atoms with Gasteiger partial charge in [-0.2, -0.15) is 0 Å². The van der Waals surface area contributed by atoms with Crippen molar-refractivity contribution >= 4 is 34.7 Å². The molecule has 1 N–H and O–H groups in total. The first-order valence-corrected chi connectivity index (χ1v) is 11.3. The number of benzene rings is 3. The number of aliphatic hydroxyl groups excluding tert-OH is 1. The number of aryl methyl sites for hydroxylation is 1. The predicted octanol–water partition coefficient (Wildman–Crippen LogP) is 6.20. The molecular formula is C27H23ClFNO4. The molecule has 0 aliphatic carbocycles. The van der Waals surface area contributed by atoms with Crippen LogP contribution in [0.4, 0.5) is 10.1 Å². The van der Waals surface area contributed by atoms with Gasteiger partial charge >= 0.3 is 0 Å². The van der Waals surface area contributed by atoms with Crippen LogP contribution in [0.5, 0.6) is 5.75 Å². The topological polar surface area (TPSA) is 66.8 Å². The second-order valence-corrected chi connectivity index (χ2v) is 8.47. The Morgan fingerprint density at radius 1 is 1.09 bits per heavy atom. The second-order valence-electron chi connectivity index (χ2n) is 8.03. The van der Waals surface area contributed by atoms with Crippen LogP contribution in [-0.4, -0.2) is 23.4 Å². The Hall–Kier alpha value is -3.64. The molecule has 4 rings (SSSR count). The maximum absolute atomic E-state index is 13.7. The van der Waals surface area contributed by atoms with Gasteiger partial charge < -0.3 is 9.84 Å². The van der Waals surface area contributed by atoms with Gasteiger partial charge in [-0.1, -0.05) is 36.7 Å². The number of ketones is 1. The van der Waals surface area contributed by atoms with E-state index < -0.39 is 23.5 Å². The number of halogens is 2. The van der Waals surface area contributed by atoms with Crippen molar-refractivity contribution in [2.75, 3.05) is 11.5 Å². The van der Waals surface area contributed by atoms with Crippen molar-refractivity contribution in [3.05, 3.63) is 99.8 Å². The van der Waals surface area contributed by atoms with Crippen LogP contribution in [0.2, 0.25) is 5.02 Å². The highest BCUT2D eigenvalue weighted by atomic mass is 35.5. The van der Waals surface area contributed by atoms with Crippen LogP contribution in [0.25, 0.3) is 5.76 Å². The highest BCUT2D eigenvalue weighted by Crippen LogP contribution is 2.42. The van der Waals surface area contributed by atoms with Gasteiger partial charge in [0.1, 0.15) is 17.3 Å². The molecule has 174 valence electrons. The number of carbonyl (C=O) groups excluding carboxylic acids is 2. The minimum absolute atomic E-state index is 0.0850. The lowest BCUT2D eigenvalue weighted by Crippen LogP contribution is -2.29. The molecule has 3 aromatic carbocycles. The number of hydrogen-bond acceptors (Lipinski definition) is 4. The molecule has 1 unspecified atom stereocenters. The van der Waals surface area contributed by atoms with Crippen LogP contribution in [0.1, 0.15) is 36.1 Å². The minimum Gasteiger partial charge on any atom is -0.507 e. The first-order valence-electron chi connectivity index (χ1n) is 10.9. The predicted molar refractivity (Wildman–Crippen MR) is 130 cm³/mol. The minimum atomic E-state index is -0.963. The van der Waals surface area contributed by atoms with Crippen LogP contribution < -0.4 is 9.64 Å². The largest absolute Gasteiger partial charge is 0.507 e. The van der Waals surface area contributed by atoms with E-state index in [1.165, 1.54) is 29.2 Å². The molecule has 3 aromatic rings. The molecule has 1 aliphatic rings. The molecule has 7 heteroatoms. The molecule has 1 aliphatic heterocycles. The second kappa shape index (κ2) is 9.69. The molecule has 1 saturated heterocycles. The fourth-order valence-corrected chi connectivity index (χ4v) is 4.20.